The fourth-order valence-electron chi connectivity index (χ4n) is 1.99. The molecule has 0 unspecified atom stereocenters. The fraction of sp³-hybridized carbons (Fsp3) is 0.455. The van der Waals surface area contributed by atoms with Crippen LogP contribution in [0.4, 0.5) is 0 Å². The molecule has 2 N–H and O–H groups in total. The molecule has 0 saturated carbocycles. The van der Waals surface area contributed by atoms with Gasteiger partial charge in [0.15, 0.2) is 11.6 Å². The van der Waals surface area contributed by atoms with E-state index in [1.807, 2.05) is 4.90 Å². The van der Waals surface area contributed by atoms with E-state index >= 15 is 0 Å². The standard InChI is InChI=1S/C11H13N3O4/c15-7-4-14(5-8(7)16)6-10-12-11(18-13-10)9-2-1-3-17-9/h1-3,7-8,15-16H,4-6H2/t7-,8+. The largest absolute Gasteiger partial charge is 0.459 e. The normalized spacial score (nSPS) is 24.8. The van der Waals surface area contributed by atoms with E-state index in [4.69, 9.17) is 8.94 Å². The maximum absolute atomic E-state index is 9.43. The SMILES string of the molecule is O[C@@H]1CN(Cc2noc(-c3ccco3)n2)C[C@@H]1O. The lowest BCUT2D eigenvalue weighted by molar-refractivity contribution is 0.0572. The Morgan fingerprint density at radius 3 is 2.78 bits per heavy atom. The number of likely N-dealkylation sites (tertiary alicyclic amines) is 1. The van der Waals surface area contributed by atoms with Gasteiger partial charge in [0, 0.05) is 13.1 Å². The Bertz CT molecular complexity index is 500. The molecule has 0 radical (unpaired) electrons. The number of β-amino-alcohol motifs (C(OH)–C–C–N with tert-alkyl or cyclic N) is 2. The van der Waals surface area contributed by atoms with Crippen molar-refractivity contribution in [2.45, 2.75) is 18.8 Å². The Labute approximate surface area is 103 Å². The van der Waals surface area contributed by atoms with Gasteiger partial charge in [0.05, 0.1) is 25.0 Å². The van der Waals surface area contributed by atoms with Crippen LogP contribution in [0.3, 0.4) is 0 Å². The van der Waals surface area contributed by atoms with Crippen molar-refractivity contribution in [2.24, 2.45) is 0 Å². The minimum atomic E-state index is -0.707. The lowest BCUT2D eigenvalue weighted by atomic mass is 10.3. The molecular weight excluding hydrogens is 238 g/mol. The first kappa shape index (κ1) is 11.4. The Morgan fingerprint density at radius 2 is 2.11 bits per heavy atom. The molecule has 1 aliphatic heterocycles. The zero-order valence-electron chi connectivity index (χ0n) is 9.56. The van der Waals surface area contributed by atoms with Crippen molar-refractivity contribution in [3.05, 3.63) is 24.2 Å². The molecule has 18 heavy (non-hydrogen) atoms. The van der Waals surface area contributed by atoms with Gasteiger partial charge < -0.3 is 19.2 Å². The lowest BCUT2D eigenvalue weighted by Gasteiger charge is -2.10. The summed E-state index contributed by atoms with van der Waals surface area (Å²) in [6, 6.07) is 3.48. The maximum atomic E-state index is 9.43. The van der Waals surface area contributed by atoms with E-state index in [-0.39, 0.29) is 0 Å². The summed E-state index contributed by atoms with van der Waals surface area (Å²) < 4.78 is 10.2. The second-order valence-electron chi connectivity index (χ2n) is 4.32. The van der Waals surface area contributed by atoms with Crippen LogP contribution in [0, 0.1) is 0 Å². The molecule has 3 heterocycles. The second-order valence-corrected chi connectivity index (χ2v) is 4.32. The molecule has 7 nitrogen and oxygen atoms in total. The number of furan rings is 1. The summed E-state index contributed by atoms with van der Waals surface area (Å²) in [5.74, 6) is 1.35. The van der Waals surface area contributed by atoms with Gasteiger partial charge in [-0.25, -0.2) is 0 Å². The number of rotatable bonds is 3. The van der Waals surface area contributed by atoms with E-state index in [0.29, 0.717) is 37.1 Å². The van der Waals surface area contributed by atoms with E-state index in [1.54, 1.807) is 12.1 Å². The summed E-state index contributed by atoms with van der Waals surface area (Å²) in [7, 11) is 0. The Hall–Kier alpha value is -1.70. The Kier molecular flexibility index (Phi) is 2.86. The summed E-state index contributed by atoms with van der Waals surface area (Å²) in [6.07, 6.45) is 0.120. The van der Waals surface area contributed by atoms with Crippen LogP contribution < -0.4 is 0 Å². The predicted octanol–water partition coefficient (Wildman–Crippen LogP) is -0.133. The van der Waals surface area contributed by atoms with Crippen molar-refractivity contribution < 1.29 is 19.2 Å². The number of nitrogens with zero attached hydrogens (tertiary/aromatic N) is 3. The van der Waals surface area contributed by atoms with Crippen molar-refractivity contribution in [3.8, 4) is 11.7 Å². The van der Waals surface area contributed by atoms with E-state index in [1.165, 1.54) is 6.26 Å². The van der Waals surface area contributed by atoms with Crippen LogP contribution in [0.1, 0.15) is 5.82 Å². The Balaban J connectivity index is 1.68. The first-order chi connectivity index (χ1) is 8.72. The topological polar surface area (TPSA) is 95.8 Å². The van der Waals surface area contributed by atoms with Gasteiger partial charge in [-0.15, -0.1) is 0 Å². The highest BCUT2D eigenvalue weighted by atomic mass is 16.5. The molecular formula is C11H13N3O4. The first-order valence-corrected chi connectivity index (χ1v) is 5.67. The third-order valence-electron chi connectivity index (χ3n) is 2.90. The van der Waals surface area contributed by atoms with Crippen LogP contribution in [0.5, 0.6) is 0 Å². The highest BCUT2D eigenvalue weighted by Gasteiger charge is 2.30. The quantitative estimate of drug-likeness (QED) is 0.784. The van der Waals surface area contributed by atoms with Gasteiger partial charge >= 0.3 is 0 Å². The third kappa shape index (κ3) is 2.15. The molecule has 7 heteroatoms. The summed E-state index contributed by atoms with van der Waals surface area (Å²) in [4.78, 5) is 6.06. The highest BCUT2D eigenvalue weighted by Crippen LogP contribution is 2.18. The van der Waals surface area contributed by atoms with Crippen LogP contribution in [0.15, 0.2) is 27.3 Å². The molecule has 0 amide bonds. The number of hydrogen-bond acceptors (Lipinski definition) is 7. The van der Waals surface area contributed by atoms with Gasteiger partial charge in [-0.1, -0.05) is 5.16 Å². The second kappa shape index (κ2) is 4.52. The van der Waals surface area contributed by atoms with Crippen LogP contribution in [0.25, 0.3) is 11.7 Å². The molecule has 0 aromatic carbocycles. The number of hydrogen-bond donors (Lipinski definition) is 2. The number of aliphatic hydroxyl groups excluding tert-OH is 2. The maximum Gasteiger partial charge on any atom is 0.293 e. The van der Waals surface area contributed by atoms with Gasteiger partial charge in [0.2, 0.25) is 0 Å². The number of aromatic nitrogens is 2. The van der Waals surface area contributed by atoms with Crippen molar-refractivity contribution in [2.75, 3.05) is 13.1 Å². The fourth-order valence-corrected chi connectivity index (χ4v) is 1.99. The van der Waals surface area contributed by atoms with Gasteiger partial charge in [-0.3, -0.25) is 4.90 Å². The molecule has 1 saturated heterocycles. The van der Waals surface area contributed by atoms with E-state index in [0.717, 1.165) is 0 Å². The van der Waals surface area contributed by atoms with Crippen molar-refractivity contribution in [1.82, 2.24) is 15.0 Å². The summed E-state index contributed by atoms with van der Waals surface area (Å²) >= 11 is 0. The molecule has 0 spiro atoms. The predicted molar refractivity (Wildman–Crippen MR) is 59.3 cm³/mol. The zero-order valence-corrected chi connectivity index (χ0v) is 9.56. The molecule has 3 rings (SSSR count). The molecule has 1 fully saturated rings. The minimum absolute atomic E-state index is 0.329. The molecule has 2 aromatic heterocycles. The molecule has 96 valence electrons. The lowest BCUT2D eigenvalue weighted by Crippen LogP contribution is -2.22. The zero-order chi connectivity index (χ0) is 12.5. The summed E-state index contributed by atoms with van der Waals surface area (Å²) in [5, 5.41) is 22.7. The average molecular weight is 251 g/mol. The van der Waals surface area contributed by atoms with Crippen molar-refractivity contribution in [3.63, 3.8) is 0 Å². The van der Waals surface area contributed by atoms with E-state index in [2.05, 4.69) is 10.1 Å². The van der Waals surface area contributed by atoms with Crippen molar-refractivity contribution in [1.29, 1.82) is 0 Å². The molecule has 0 bridgehead atoms. The van der Waals surface area contributed by atoms with Crippen LogP contribution in [-0.4, -0.2) is 50.6 Å². The van der Waals surface area contributed by atoms with Crippen LogP contribution >= 0.6 is 0 Å². The minimum Gasteiger partial charge on any atom is -0.459 e. The van der Waals surface area contributed by atoms with Crippen molar-refractivity contribution >= 4 is 0 Å². The molecule has 2 atom stereocenters. The third-order valence-corrected chi connectivity index (χ3v) is 2.90. The summed E-state index contributed by atoms with van der Waals surface area (Å²) in [5.41, 5.74) is 0. The van der Waals surface area contributed by atoms with Crippen LogP contribution in [0.2, 0.25) is 0 Å². The molecule has 1 aliphatic rings. The average Bonchev–Trinajstić information content (AvgIpc) is 3.02. The molecule has 2 aromatic rings. The molecule has 0 aliphatic carbocycles. The van der Waals surface area contributed by atoms with Gasteiger partial charge in [-0.2, -0.15) is 4.98 Å². The smallest absolute Gasteiger partial charge is 0.293 e. The van der Waals surface area contributed by atoms with Crippen LogP contribution in [-0.2, 0) is 6.54 Å². The van der Waals surface area contributed by atoms with Gasteiger partial charge in [-0.05, 0) is 12.1 Å². The first-order valence-electron chi connectivity index (χ1n) is 5.67. The van der Waals surface area contributed by atoms with E-state index < -0.39 is 12.2 Å². The van der Waals surface area contributed by atoms with Gasteiger partial charge in [0.25, 0.3) is 5.89 Å². The Morgan fingerprint density at radius 1 is 1.33 bits per heavy atom. The summed E-state index contributed by atoms with van der Waals surface area (Å²) in [6.45, 7) is 1.25. The van der Waals surface area contributed by atoms with Gasteiger partial charge in [0.1, 0.15) is 0 Å². The van der Waals surface area contributed by atoms with E-state index in [9.17, 15) is 10.2 Å². The highest BCUT2D eigenvalue weighted by molar-refractivity contribution is 5.42. The monoisotopic (exact) mass is 251 g/mol. The number of aliphatic hydroxyl groups is 2.